The third-order valence-electron chi connectivity index (χ3n) is 3.62. The first-order chi connectivity index (χ1) is 11.7. The van der Waals surface area contributed by atoms with E-state index in [1.807, 2.05) is 31.3 Å². The third-order valence-corrected chi connectivity index (χ3v) is 3.62. The highest BCUT2D eigenvalue weighted by molar-refractivity contribution is 5.55. The highest BCUT2D eigenvalue weighted by Gasteiger charge is 2.02. The van der Waals surface area contributed by atoms with Crippen LogP contribution in [-0.4, -0.2) is 33.4 Å². The summed E-state index contributed by atoms with van der Waals surface area (Å²) in [6, 6.07) is 11.8. The van der Waals surface area contributed by atoms with E-state index in [1.165, 1.54) is 11.9 Å². The lowest BCUT2D eigenvalue weighted by Crippen LogP contribution is -2.07. The molecule has 7 heteroatoms. The van der Waals surface area contributed by atoms with Crippen molar-refractivity contribution < 1.29 is 4.74 Å². The van der Waals surface area contributed by atoms with Gasteiger partial charge in [0.1, 0.15) is 29.5 Å². The van der Waals surface area contributed by atoms with Gasteiger partial charge in [0, 0.05) is 25.7 Å². The molecule has 0 atom stereocenters. The normalized spacial score (nSPS) is 10.4. The first kappa shape index (κ1) is 15.8. The Balaban J connectivity index is 1.55. The van der Waals surface area contributed by atoms with Gasteiger partial charge in [0.15, 0.2) is 0 Å². The standard InChI is InChI=1S/C17H20N6O/c1-23-17(8-10-21-23)22-16-11-15(19-12-20-16)18-9-7-13-3-5-14(24-2)6-4-13/h3-6,8,10-12H,7,9H2,1-2H3,(H2,18,19,20,22). The van der Waals surface area contributed by atoms with Crippen molar-refractivity contribution in [1.82, 2.24) is 19.7 Å². The van der Waals surface area contributed by atoms with E-state index < -0.39 is 0 Å². The zero-order valence-electron chi connectivity index (χ0n) is 13.7. The summed E-state index contributed by atoms with van der Waals surface area (Å²) in [6.45, 7) is 0.786. The summed E-state index contributed by atoms with van der Waals surface area (Å²) >= 11 is 0. The Labute approximate surface area is 140 Å². The van der Waals surface area contributed by atoms with Crippen LogP contribution in [0.15, 0.2) is 48.9 Å². The number of methoxy groups -OCH3 is 1. The van der Waals surface area contributed by atoms with Crippen LogP contribution in [0, 0.1) is 0 Å². The van der Waals surface area contributed by atoms with Crippen molar-refractivity contribution >= 4 is 17.5 Å². The summed E-state index contributed by atoms with van der Waals surface area (Å²) < 4.78 is 6.91. The number of nitrogens with one attached hydrogen (secondary N) is 2. The summed E-state index contributed by atoms with van der Waals surface area (Å²) in [6.07, 6.45) is 4.17. The van der Waals surface area contributed by atoms with Gasteiger partial charge in [0.25, 0.3) is 0 Å². The quantitative estimate of drug-likeness (QED) is 0.696. The van der Waals surface area contributed by atoms with Crippen LogP contribution in [0.25, 0.3) is 0 Å². The molecule has 0 fully saturated rings. The van der Waals surface area contributed by atoms with Crippen molar-refractivity contribution in [2.75, 3.05) is 24.3 Å². The van der Waals surface area contributed by atoms with Gasteiger partial charge in [-0.3, -0.25) is 4.68 Å². The number of aromatic nitrogens is 4. The number of rotatable bonds is 7. The van der Waals surface area contributed by atoms with Crippen LogP contribution in [-0.2, 0) is 13.5 Å². The van der Waals surface area contributed by atoms with Crippen LogP contribution >= 0.6 is 0 Å². The summed E-state index contributed by atoms with van der Waals surface area (Å²) in [7, 11) is 3.54. The van der Waals surface area contributed by atoms with Gasteiger partial charge >= 0.3 is 0 Å². The summed E-state index contributed by atoms with van der Waals surface area (Å²) in [5.41, 5.74) is 1.24. The molecule has 3 rings (SSSR count). The van der Waals surface area contributed by atoms with Crippen LogP contribution < -0.4 is 15.4 Å². The molecule has 1 aromatic carbocycles. The number of nitrogens with zero attached hydrogens (tertiary/aromatic N) is 4. The van der Waals surface area contributed by atoms with E-state index in [2.05, 4.69) is 37.8 Å². The fourth-order valence-corrected chi connectivity index (χ4v) is 2.28. The molecule has 0 spiro atoms. The molecule has 2 N–H and O–H groups in total. The van der Waals surface area contributed by atoms with Gasteiger partial charge in [0.05, 0.1) is 13.3 Å². The number of anilines is 3. The van der Waals surface area contributed by atoms with Gasteiger partial charge in [-0.2, -0.15) is 5.10 Å². The second-order valence-corrected chi connectivity index (χ2v) is 5.28. The van der Waals surface area contributed by atoms with E-state index in [4.69, 9.17) is 4.74 Å². The van der Waals surface area contributed by atoms with Crippen molar-refractivity contribution in [3.05, 3.63) is 54.5 Å². The van der Waals surface area contributed by atoms with Gasteiger partial charge < -0.3 is 15.4 Å². The molecular formula is C17H20N6O. The largest absolute Gasteiger partial charge is 0.497 e. The summed E-state index contributed by atoms with van der Waals surface area (Å²) in [4.78, 5) is 8.47. The average molecular weight is 324 g/mol. The molecule has 0 amide bonds. The monoisotopic (exact) mass is 324 g/mol. The predicted octanol–water partition coefficient (Wildman–Crippen LogP) is 2.62. The van der Waals surface area contributed by atoms with Crippen molar-refractivity contribution in [1.29, 1.82) is 0 Å². The maximum absolute atomic E-state index is 5.16. The van der Waals surface area contributed by atoms with E-state index in [-0.39, 0.29) is 0 Å². The molecule has 0 bridgehead atoms. The Morgan fingerprint density at radius 3 is 2.58 bits per heavy atom. The Kier molecular flexibility index (Phi) is 4.90. The molecule has 0 radical (unpaired) electrons. The SMILES string of the molecule is COc1ccc(CCNc2cc(Nc3ccnn3C)ncn2)cc1. The van der Waals surface area contributed by atoms with Crippen LogP contribution in [0.3, 0.4) is 0 Å². The number of hydrogen-bond acceptors (Lipinski definition) is 6. The molecule has 0 saturated carbocycles. The van der Waals surface area contributed by atoms with Gasteiger partial charge in [-0.1, -0.05) is 12.1 Å². The fraction of sp³-hybridized carbons (Fsp3) is 0.235. The lowest BCUT2D eigenvalue weighted by Gasteiger charge is -2.09. The fourth-order valence-electron chi connectivity index (χ4n) is 2.28. The predicted molar refractivity (Wildman–Crippen MR) is 93.7 cm³/mol. The zero-order valence-corrected chi connectivity index (χ0v) is 13.7. The topological polar surface area (TPSA) is 76.9 Å². The maximum Gasteiger partial charge on any atom is 0.137 e. The van der Waals surface area contributed by atoms with E-state index in [0.29, 0.717) is 0 Å². The lowest BCUT2D eigenvalue weighted by atomic mass is 10.1. The molecule has 0 aliphatic carbocycles. The average Bonchev–Trinajstić information content (AvgIpc) is 3.01. The molecule has 7 nitrogen and oxygen atoms in total. The molecule has 2 heterocycles. The molecule has 2 aromatic heterocycles. The van der Waals surface area contributed by atoms with E-state index >= 15 is 0 Å². The Morgan fingerprint density at radius 1 is 1.08 bits per heavy atom. The smallest absolute Gasteiger partial charge is 0.137 e. The van der Waals surface area contributed by atoms with Gasteiger partial charge in [-0.15, -0.1) is 0 Å². The zero-order chi connectivity index (χ0) is 16.8. The molecule has 0 aliphatic heterocycles. The van der Waals surface area contributed by atoms with E-state index in [0.717, 1.165) is 36.2 Å². The second kappa shape index (κ2) is 7.45. The molecular weight excluding hydrogens is 304 g/mol. The Hall–Kier alpha value is -3.09. The molecule has 0 aliphatic rings. The van der Waals surface area contributed by atoms with E-state index in [1.54, 1.807) is 18.0 Å². The summed E-state index contributed by atoms with van der Waals surface area (Å²) in [5.74, 6) is 3.25. The van der Waals surface area contributed by atoms with Crippen molar-refractivity contribution in [2.24, 2.45) is 7.05 Å². The molecule has 0 saturated heterocycles. The summed E-state index contributed by atoms with van der Waals surface area (Å²) in [5, 5.41) is 10.6. The number of ether oxygens (including phenoxy) is 1. The maximum atomic E-state index is 5.16. The lowest BCUT2D eigenvalue weighted by molar-refractivity contribution is 0.414. The molecule has 0 unspecified atom stereocenters. The van der Waals surface area contributed by atoms with Crippen LogP contribution in [0.2, 0.25) is 0 Å². The third kappa shape index (κ3) is 4.01. The van der Waals surface area contributed by atoms with Crippen molar-refractivity contribution in [2.45, 2.75) is 6.42 Å². The van der Waals surface area contributed by atoms with E-state index in [9.17, 15) is 0 Å². The van der Waals surface area contributed by atoms with Gasteiger partial charge in [0.2, 0.25) is 0 Å². The number of hydrogen-bond donors (Lipinski definition) is 2. The van der Waals surface area contributed by atoms with Gasteiger partial charge in [-0.25, -0.2) is 9.97 Å². The molecule has 3 aromatic rings. The number of benzene rings is 1. The minimum absolute atomic E-state index is 0.723. The highest BCUT2D eigenvalue weighted by Crippen LogP contribution is 2.15. The minimum atomic E-state index is 0.723. The van der Waals surface area contributed by atoms with Crippen molar-refractivity contribution in [3.8, 4) is 5.75 Å². The van der Waals surface area contributed by atoms with Crippen LogP contribution in [0.4, 0.5) is 17.5 Å². The van der Waals surface area contributed by atoms with Crippen LogP contribution in [0.1, 0.15) is 5.56 Å². The highest BCUT2D eigenvalue weighted by atomic mass is 16.5. The first-order valence-electron chi connectivity index (χ1n) is 7.68. The Morgan fingerprint density at radius 2 is 1.88 bits per heavy atom. The Bertz CT molecular complexity index is 784. The second-order valence-electron chi connectivity index (χ2n) is 5.28. The molecule has 124 valence electrons. The van der Waals surface area contributed by atoms with Crippen molar-refractivity contribution in [3.63, 3.8) is 0 Å². The molecule has 24 heavy (non-hydrogen) atoms. The first-order valence-corrected chi connectivity index (χ1v) is 7.68. The van der Waals surface area contributed by atoms with Crippen LogP contribution in [0.5, 0.6) is 5.75 Å². The van der Waals surface area contributed by atoms with Gasteiger partial charge in [-0.05, 0) is 24.1 Å². The minimum Gasteiger partial charge on any atom is -0.497 e. The number of aryl methyl sites for hydroxylation is 1.